The average Bonchev–Trinajstić information content (AvgIpc) is 3.22. The molecule has 0 atom stereocenters. The molecule has 0 saturated heterocycles. The highest BCUT2D eigenvalue weighted by molar-refractivity contribution is 6.00. The third kappa shape index (κ3) is 2.81. The summed E-state index contributed by atoms with van der Waals surface area (Å²) in [4.78, 5) is 12.4. The molecule has 1 aromatic rings. The van der Waals surface area contributed by atoms with Crippen molar-refractivity contribution in [3.05, 3.63) is 17.7 Å². The van der Waals surface area contributed by atoms with Gasteiger partial charge < -0.3 is 20.5 Å². The number of methoxy groups -OCH3 is 2. The van der Waals surface area contributed by atoms with Crippen LogP contribution in [0.3, 0.4) is 0 Å². The van der Waals surface area contributed by atoms with Crippen molar-refractivity contribution < 1.29 is 14.3 Å². The first kappa shape index (κ1) is 14.5. The van der Waals surface area contributed by atoms with Crippen LogP contribution >= 0.6 is 0 Å². The lowest BCUT2D eigenvalue weighted by atomic mass is 9.98. The van der Waals surface area contributed by atoms with E-state index in [0.29, 0.717) is 28.7 Å². The van der Waals surface area contributed by atoms with E-state index in [1.807, 2.05) is 13.8 Å². The van der Waals surface area contributed by atoms with Crippen LogP contribution in [0.2, 0.25) is 0 Å². The Labute approximate surface area is 119 Å². The van der Waals surface area contributed by atoms with Gasteiger partial charge in [0.1, 0.15) is 0 Å². The van der Waals surface area contributed by atoms with E-state index in [0.717, 1.165) is 12.8 Å². The largest absolute Gasteiger partial charge is 0.493 e. The molecule has 5 nitrogen and oxygen atoms in total. The molecule has 3 N–H and O–H groups in total. The van der Waals surface area contributed by atoms with Gasteiger partial charge in [0.25, 0.3) is 5.91 Å². The van der Waals surface area contributed by atoms with E-state index >= 15 is 0 Å². The van der Waals surface area contributed by atoms with Gasteiger partial charge >= 0.3 is 0 Å². The van der Waals surface area contributed by atoms with Crippen LogP contribution in [0, 0.1) is 5.92 Å². The van der Waals surface area contributed by atoms with Crippen LogP contribution in [0.25, 0.3) is 0 Å². The molecule has 1 saturated carbocycles. The number of amides is 1. The van der Waals surface area contributed by atoms with Gasteiger partial charge in [0.2, 0.25) is 0 Å². The summed E-state index contributed by atoms with van der Waals surface area (Å²) in [6.07, 6.45) is 2.32. The summed E-state index contributed by atoms with van der Waals surface area (Å²) < 4.78 is 10.4. The number of nitrogen functional groups attached to an aromatic ring is 1. The second-order valence-electron chi connectivity index (χ2n) is 5.74. The molecule has 0 bridgehead atoms. The highest BCUT2D eigenvalue weighted by atomic mass is 16.5. The first-order valence-electron chi connectivity index (χ1n) is 6.73. The highest BCUT2D eigenvalue weighted by Crippen LogP contribution is 2.39. The van der Waals surface area contributed by atoms with E-state index in [4.69, 9.17) is 15.2 Å². The van der Waals surface area contributed by atoms with Gasteiger partial charge in [-0.25, -0.2) is 0 Å². The van der Waals surface area contributed by atoms with Gasteiger partial charge in [0.15, 0.2) is 11.5 Å². The van der Waals surface area contributed by atoms with E-state index in [1.54, 1.807) is 12.1 Å². The Bertz CT molecular complexity index is 522. The molecule has 0 heterocycles. The van der Waals surface area contributed by atoms with Crippen molar-refractivity contribution in [1.29, 1.82) is 0 Å². The summed E-state index contributed by atoms with van der Waals surface area (Å²) in [6, 6.07) is 3.23. The molecule has 1 amide bonds. The summed E-state index contributed by atoms with van der Waals surface area (Å²) >= 11 is 0. The molecule has 110 valence electrons. The minimum atomic E-state index is -0.212. The lowest BCUT2D eigenvalue weighted by Crippen LogP contribution is -2.45. The Morgan fingerprint density at radius 3 is 2.30 bits per heavy atom. The van der Waals surface area contributed by atoms with Crippen LogP contribution in [-0.2, 0) is 0 Å². The van der Waals surface area contributed by atoms with Crippen molar-refractivity contribution in [3.8, 4) is 11.5 Å². The molecule has 20 heavy (non-hydrogen) atoms. The predicted molar refractivity (Wildman–Crippen MR) is 78.2 cm³/mol. The fourth-order valence-corrected chi connectivity index (χ4v) is 2.36. The third-order valence-corrected chi connectivity index (χ3v) is 3.83. The molecule has 5 heteroatoms. The maximum absolute atomic E-state index is 12.4. The molecule has 1 aliphatic carbocycles. The third-order valence-electron chi connectivity index (χ3n) is 3.83. The van der Waals surface area contributed by atoms with Crippen LogP contribution in [-0.4, -0.2) is 25.7 Å². The van der Waals surface area contributed by atoms with Gasteiger partial charge in [0.05, 0.1) is 19.8 Å². The standard InChI is InChI=1S/C15H22N2O3/c1-15(2,9-5-6-9)17-14(18)10-7-12(19-3)13(20-4)8-11(10)16/h7-9H,5-6,16H2,1-4H3,(H,17,18). The maximum Gasteiger partial charge on any atom is 0.253 e. The first-order chi connectivity index (χ1) is 9.39. The number of rotatable bonds is 5. The number of carbonyl (C=O) groups excluding carboxylic acids is 1. The fourth-order valence-electron chi connectivity index (χ4n) is 2.36. The molecule has 2 rings (SSSR count). The lowest BCUT2D eigenvalue weighted by Gasteiger charge is -2.26. The molecule has 0 aliphatic heterocycles. The second kappa shape index (κ2) is 5.23. The number of hydrogen-bond donors (Lipinski definition) is 2. The lowest BCUT2D eigenvalue weighted by molar-refractivity contribution is 0.0904. The van der Waals surface area contributed by atoms with E-state index in [1.165, 1.54) is 14.2 Å². The molecular weight excluding hydrogens is 256 g/mol. The zero-order chi connectivity index (χ0) is 14.9. The van der Waals surface area contributed by atoms with Crippen molar-refractivity contribution in [1.82, 2.24) is 5.32 Å². The van der Waals surface area contributed by atoms with Crippen molar-refractivity contribution in [3.63, 3.8) is 0 Å². The molecule has 1 aliphatic rings. The molecule has 0 radical (unpaired) electrons. The van der Waals surface area contributed by atoms with Gasteiger partial charge in [0, 0.05) is 17.3 Å². The van der Waals surface area contributed by atoms with E-state index in [-0.39, 0.29) is 11.4 Å². The SMILES string of the molecule is COc1cc(N)c(C(=O)NC(C)(C)C2CC2)cc1OC. The molecule has 1 aromatic carbocycles. The first-order valence-corrected chi connectivity index (χ1v) is 6.73. The molecule has 1 fully saturated rings. The number of carbonyl (C=O) groups is 1. The van der Waals surface area contributed by atoms with Crippen molar-refractivity contribution >= 4 is 11.6 Å². The number of benzene rings is 1. The van der Waals surface area contributed by atoms with Gasteiger partial charge in [-0.1, -0.05) is 0 Å². The Kier molecular flexibility index (Phi) is 3.79. The smallest absolute Gasteiger partial charge is 0.253 e. The summed E-state index contributed by atoms with van der Waals surface area (Å²) in [5.41, 5.74) is 6.52. The summed E-state index contributed by atoms with van der Waals surface area (Å²) in [5, 5.41) is 3.05. The van der Waals surface area contributed by atoms with E-state index < -0.39 is 0 Å². The number of ether oxygens (including phenoxy) is 2. The van der Waals surface area contributed by atoms with E-state index in [2.05, 4.69) is 5.32 Å². The topological polar surface area (TPSA) is 73.6 Å². The zero-order valence-corrected chi connectivity index (χ0v) is 12.4. The second-order valence-corrected chi connectivity index (χ2v) is 5.74. The average molecular weight is 278 g/mol. The summed E-state index contributed by atoms with van der Waals surface area (Å²) in [5.74, 6) is 1.38. The number of hydrogen-bond acceptors (Lipinski definition) is 4. The molecular formula is C15H22N2O3. The highest BCUT2D eigenvalue weighted by Gasteiger charge is 2.39. The summed E-state index contributed by atoms with van der Waals surface area (Å²) in [6.45, 7) is 4.08. The number of nitrogens with one attached hydrogen (secondary N) is 1. The van der Waals surface area contributed by atoms with Gasteiger partial charge in [-0.3, -0.25) is 4.79 Å². The zero-order valence-electron chi connectivity index (χ0n) is 12.4. The van der Waals surface area contributed by atoms with Crippen LogP contribution < -0.4 is 20.5 Å². The quantitative estimate of drug-likeness (QED) is 0.810. The van der Waals surface area contributed by atoms with Crippen LogP contribution in [0.15, 0.2) is 12.1 Å². The molecule has 0 aromatic heterocycles. The van der Waals surface area contributed by atoms with Crippen LogP contribution in [0.5, 0.6) is 11.5 Å². The number of anilines is 1. The van der Waals surface area contributed by atoms with Gasteiger partial charge in [-0.05, 0) is 38.7 Å². The van der Waals surface area contributed by atoms with Gasteiger partial charge in [-0.2, -0.15) is 0 Å². The molecule has 0 spiro atoms. The van der Waals surface area contributed by atoms with Gasteiger partial charge in [-0.15, -0.1) is 0 Å². The Balaban J connectivity index is 2.25. The van der Waals surface area contributed by atoms with E-state index in [9.17, 15) is 4.79 Å². The minimum absolute atomic E-state index is 0.180. The van der Waals surface area contributed by atoms with Crippen LogP contribution in [0.1, 0.15) is 37.0 Å². The fraction of sp³-hybridized carbons (Fsp3) is 0.533. The minimum Gasteiger partial charge on any atom is -0.493 e. The number of nitrogens with two attached hydrogens (primary N) is 1. The maximum atomic E-state index is 12.4. The monoisotopic (exact) mass is 278 g/mol. The van der Waals surface area contributed by atoms with Crippen molar-refractivity contribution in [2.24, 2.45) is 5.92 Å². The van der Waals surface area contributed by atoms with Crippen molar-refractivity contribution in [2.75, 3.05) is 20.0 Å². The Morgan fingerprint density at radius 2 is 1.80 bits per heavy atom. The van der Waals surface area contributed by atoms with Crippen molar-refractivity contribution in [2.45, 2.75) is 32.2 Å². The normalized spacial score (nSPS) is 14.8. The Morgan fingerprint density at radius 1 is 1.25 bits per heavy atom. The Hall–Kier alpha value is -1.91. The predicted octanol–water partition coefficient (Wildman–Crippen LogP) is 2.20. The molecule has 0 unspecified atom stereocenters. The van der Waals surface area contributed by atoms with Crippen LogP contribution in [0.4, 0.5) is 5.69 Å². The summed E-state index contributed by atoms with van der Waals surface area (Å²) in [7, 11) is 3.07.